The van der Waals surface area contributed by atoms with Gasteiger partial charge in [-0.25, -0.2) is 0 Å². The van der Waals surface area contributed by atoms with Gasteiger partial charge in [0.25, 0.3) is 0 Å². The van der Waals surface area contributed by atoms with Crippen LogP contribution in [0.15, 0.2) is 233 Å². The smallest absolute Gasteiger partial charge is 0.179 e. The van der Waals surface area contributed by atoms with Crippen molar-refractivity contribution in [1.82, 2.24) is 0 Å². The Hall–Kier alpha value is -11.6. The van der Waals surface area contributed by atoms with Crippen LogP contribution in [0.1, 0.15) is 144 Å². The first kappa shape index (κ1) is 61.9. The first-order valence-electron chi connectivity index (χ1n) is 38.8. The molecule has 0 aliphatic heterocycles. The first-order valence-corrected chi connectivity index (χ1v) is 38.8. The summed E-state index contributed by atoms with van der Waals surface area (Å²) in [5.41, 5.74) is 12.6. The molecule has 2 unspecified atom stereocenters. The number of aliphatic hydroxyl groups is 1. The molecule has 0 saturated heterocycles. The van der Waals surface area contributed by atoms with E-state index in [2.05, 4.69) is 202 Å². The van der Waals surface area contributed by atoms with Crippen molar-refractivity contribution >= 4 is 196 Å². The molecule has 106 heavy (non-hydrogen) atoms. The quantitative estimate of drug-likeness (QED) is 0.0866. The van der Waals surface area contributed by atoms with E-state index in [1.54, 1.807) is 0 Å². The van der Waals surface area contributed by atoms with Gasteiger partial charge in [-0.05, 0) is 135 Å². The lowest BCUT2D eigenvalue weighted by molar-refractivity contribution is 0.133. The molecular formula is C98H76O8. The molecule has 8 heteroatoms. The number of hydrogen-bond acceptors (Lipinski definition) is 8. The minimum atomic E-state index is -1.30. The number of rotatable bonds is 17. The molecule has 6 heterocycles. The molecule has 0 spiro atoms. The summed E-state index contributed by atoms with van der Waals surface area (Å²) in [6, 6.07) is 73.2. The molecule has 516 valence electrons. The molecule has 0 saturated carbocycles. The van der Waals surface area contributed by atoms with Crippen molar-refractivity contribution in [2.24, 2.45) is 0 Å². The van der Waals surface area contributed by atoms with Crippen molar-refractivity contribution in [1.29, 1.82) is 0 Å². The number of phenolic OH excluding ortho intramolecular Hbond substituents is 1. The topological polar surface area (TPSA) is 119 Å². The van der Waals surface area contributed by atoms with Gasteiger partial charge in [0.2, 0.25) is 0 Å². The zero-order valence-electron chi connectivity index (χ0n) is 59.4. The molecule has 1 aliphatic rings. The van der Waals surface area contributed by atoms with Gasteiger partial charge in [0.15, 0.2) is 56.0 Å². The maximum absolute atomic E-state index is 13.9. The molecule has 0 fully saturated rings. The number of phenols is 1. The lowest BCUT2D eigenvalue weighted by Gasteiger charge is -2.31. The number of furan rings is 6. The number of fused-ring (bicyclic) bond motifs is 42. The zero-order chi connectivity index (χ0) is 70.2. The normalized spacial score (nSPS) is 14.4. The van der Waals surface area contributed by atoms with Gasteiger partial charge >= 0.3 is 0 Å². The van der Waals surface area contributed by atoms with Crippen molar-refractivity contribution < 1.29 is 36.7 Å². The largest absolute Gasteiger partial charge is 0.504 e. The average Bonchev–Trinajstić information content (AvgIpc) is 1.53. The predicted molar refractivity (Wildman–Crippen MR) is 439 cm³/mol. The van der Waals surface area contributed by atoms with Gasteiger partial charge in [-0.3, -0.25) is 0 Å². The third-order valence-corrected chi connectivity index (χ3v) is 24.4. The molecule has 15 aromatic carbocycles. The van der Waals surface area contributed by atoms with Crippen molar-refractivity contribution in [2.45, 2.75) is 129 Å². The van der Waals surface area contributed by atoms with Crippen LogP contribution in [-0.4, -0.2) is 10.2 Å². The first-order chi connectivity index (χ1) is 52.4. The second kappa shape index (κ2) is 24.0. The molecule has 0 amide bonds. The van der Waals surface area contributed by atoms with Crippen LogP contribution in [0, 0.1) is 0 Å². The zero-order valence-corrected chi connectivity index (χ0v) is 59.4. The van der Waals surface area contributed by atoms with Crippen LogP contribution in [-0.2, 0) is 12.8 Å². The fourth-order valence-electron chi connectivity index (χ4n) is 19.7. The van der Waals surface area contributed by atoms with E-state index in [4.69, 9.17) is 26.5 Å². The SMILES string of the molecule is CCCCCCCCCc1cc2ccccc2c2c1oc1c3oc4c5oc6c(c5c5ccccc5c4c3c3ccccc3c12)-c1ccccc1C(c1c(O)c2oc3c4oc5c7oc8c(CCCCCCCCC)cc9ccccc9c8c7c7ccccc7c5c4c4ccccc4c3c2c2ccccc12)C6O. The Kier molecular flexibility index (Phi) is 14.0. The van der Waals surface area contributed by atoms with Crippen LogP contribution in [0.25, 0.3) is 207 Å². The predicted octanol–water partition coefficient (Wildman–Crippen LogP) is 29.1. The Morgan fingerprint density at radius 2 is 0.575 bits per heavy atom. The number of unbranched alkanes of at least 4 members (excludes halogenated alkanes) is 12. The van der Waals surface area contributed by atoms with Crippen LogP contribution in [0.5, 0.6) is 5.75 Å². The number of benzene rings is 15. The summed E-state index contributed by atoms with van der Waals surface area (Å²) in [6.07, 6.45) is 17.7. The van der Waals surface area contributed by atoms with Gasteiger partial charge in [0.05, 0.1) is 0 Å². The number of aliphatic hydroxyl groups excluding tert-OH is 1. The Balaban J connectivity index is 0.755. The van der Waals surface area contributed by atoms with Crippen LogP contribution < -0.4 is 0 Å². The van der Waals surface area contributed by atoms with Gasteiger partial charge < -0.3 is 36.7 Å². The highest BCUT2D eigenvalue weighted by molar-refractivity contribution is 6.44. The lowest BCUT2D eigenvalue weighted by Crippen LogP contribution is -2.18. The van der Waals surface area contributed by atoms with Gasteiger partial charge in [0, 0.05) is 76.3 Å². The van der Waals surface area contributed by atoms with Crippen LogP contribution in [0.3, 0.4) is 0 Å². The van der Waals surface area contributed by atoms with E-state index in [0.717, 1.165) is 177 Å². The minimum absolute atomic E-state index is 0.0626. The second-order valence-electron chi connectivity index (χ2n) is 30.4. The molecule has 0 bridgehead atoms. The lowest BCUT2D eigenvalue weighted by atomic mass is 9.74. The summed E-state index contributed by atoms with van der Waals surface area (Å²) in [7, 11) is 0. The Bertz CT molecular complexity index is 7300. The van der Waals surface area contributed by atoms with Crippen molar-refractivity contribution in [2.75, 3.05) is 0 Å². The summed E-state index contributed by atoms with van der Waals surface area (Å²) < 4.78 is 44.8. The highest BCUT2D eigenvalue weighted by atomic mass is 16.4. The molecule has 6 aromatic heterocycles. The summed E-state index contributed by atoms with van der Waals surface area (Å²) in [6.45, 7) is 4.55. The second-order valence-corrected chi connectivity index (χ2v) is 30.4. The summed E-state index contributed by atoms with van der Waals surface area (Å²) in [5.74, 6) is -0.509. The van der Waals surface area contributed by atoms with Crippen LogP contribution in [0.2, 0.25) is 0 Å². The third-order valence-electron chi connectivity index (χ3n) is 24.4. The van der Waals surface area contributed by atoms with Crippen LogP contribution >= 0.6 is 0 Å². The van der Waals surface area contributed by atoms with Crippen molar-refractivity contribution in [3.05, 3.63) is 234 Å². The molecular weight excluding hydrogens is 1310 g/mol. The van der Waals surface area contributed by atoms with Crippen molar-refractivity contribution in [3.63, 3.8) is 0 Å². The highest BCUT2D eigenvalue weighted by Gasteiger charge is 2.43. The highest BCUT2D eigenvalue weighted by Crippen LogP contribution is 2.61. The standard InChI is InChI=1S/C98H76O8/c1-3-5-7-9-11-13-15-35-55-51-53-33-17-19-37-57(53)73-77-63-43-25-29-47-67(63)81-83-69-49-31-27-45-65(69)79-75-61-41-23-21-39-59(61)71(85(99)89(75)103-93(79)97(83)105-95(81)91(77)101-87(55)73)72-60-40-22-24-42-62(60)76-80-66-46-28-32-50-70(66)84-82-68-48-30-26-44-64(68)78-74-58-38-20-18-34-54(58)52-56(36-16-14-12-10-8-6-4-2)88(74)102-92(78)96(82)106-98(84)94(80)104-90(76)86(72)100/h17-34,37-52,71,85,99-100H,3-16,35-36H2,1-2H3. The molecule has 0 radical (unpaired) electrons. The van der Waals surface area contributed by atoms with E-state index in [1.807, 2.05) is 18.2 Å². The van der Waals surface area contributed by atoms with Gasteiger partial charge in [-0.2, -0.15) is 0 Å². The maximum Gasteiger partial charge on any atom is 0.179 e. The van der Waals surface area contributed by atoms with E-state index in [9.17, 15) is 10.2 Å². The summed E-state index contributed by atoms with van der Waals surface area (Å²) in [4.78, 5) is 0. The van der Waals surface area contributed by atoms with Gasteiger partial charge in [-0.15, -0.1) is 0 Å². The van der Waals surface area contributed by atoms with E-state index in [-0.39, 0.29) is 5.75 Å². The molecule has 1 aliphatic carbocycles. The van der Waals surface area contributed by atoms with Gasteiger partial charge in [-0.1, -0.05) is 285 Å². The fraction of sp³-hybridized carbons (Fsp3) is 0.204. The Morgan fingerprint density at radius 1 is 0.283 bits per heavy atom. The molecule has 21 aromatic rings. The average molecular weight is 1380 g/mol. The van der Waals surface area contributed by atoms with E-state index in [0.29, 0.717) is 61.6 Å². The third kappa shape index (κ3) is 8.67. The number of hydrogen-bond donors (Lipinski definition) is 2. The Morgan fingerprint density at radius 3 is 0.991 bits per heavy atom. The minimum Gasteiger partial charge on any atom is -0.504 e. The van der Waals surface area contributed by atoms with E-state index >= 15 is 0 Å². The molecule has 2 N–H and O–H groups in total. The maximum atomic E-state index is 13.9. The van der Waals surface area contributed by atoms with E-state index in [1.165, 1.54) is 98.9 Å². The monoisotopic (exact) mass is 1380 g/mol. The van der Waals surface area contributed by atoms with Crippen LogP contribution in [0.4, 0.5) is 0 Å². The van der Waals surface area contributed by atoms with Crippen molar-refractivity contribution in [3.8, 4) is 16.9 Å². The summed E-state index contributed by atoms with van der Waals surface area (Å²) in [5, 5.41) is 52.7. The molecule has 8 nitrogen and oxygen atoms in total. The Labute approximate surface area is 608 Å². The molecule has 22 rings (SSSR count). The number of aryl methyl sites for hydroxylation is 2. The molecule has 2 atom stereocenters. The summed E-state index contributed by atoms with van der Waals surface area (Å²) >= 11 is 0. The number of aromatic hydroxyl groups is 1. The fourth-order valence-corrected chi connectivity index (χ4v) is 19.7. The van der Waals surface area contributed by atoms with E-state index < -0.39 is 12.0 Å². The van der Waals surface area contributed by atoms with Gasteiger partial charge in [0.1, 0.15) is 23.0 Å².